The zero-order valence-corrected chi connectivity index (χ0v) is 16.0. The average molecular weight is 371 g/mol. The van der Waals surface area contributed by atoms with E-state index in [1.807, 2.05) is 0 Å². The van der Waals surface area contributed by atoms with Crippen LogP contribution in [0.15, 0.2) is 11.6 Å². The van der Waals surface area contributed by atoms with Crippen molar-refractivity contribution in [3.05, 3.63) is 11.6 Å². The minimum Gasteiger partial charge on any atom is -0.393 e. The van der Waals surface area contributed by atoms with Crippen LogP contribution in [-0.4, -0.2) is 30.3 Å². The number of fused-ring (bicyclic) bond motifs is 5. The highest BCUT2D eigenvalue weighted by atomic mass is 32.3. The molecule has 4 rings (SSSR count). The van der Waals surface area contributed by atoms with Crippen LogP contribution in [0.3, 0.4) is 0 Å². The molecule has 25 heavy (non-hydrogen) atoms. The van der Waals surface area contributed by atoms with E-state index >= 15 is 0 Å². The number of allylic oxidation sites excluding steroid dienone is 1. The molecule has 142 valence electrons. The van der Waals surface area contributed by atoms with Gasteiger partial charge in [0.1, 0.15) is 0 Å². The van der Waals surface area contributed by atoms with Gasteiger partial charge < -0.3 is 5.11 Å². The van der Waals surface area contributed by atoms with Crippen molar-refractivity contribution in [1.29, 1.82) is 0 Å². The van der Waals surface area contributed by atoms with E-state index in [2.05, 4.69) is 19.9 Å². The first-order valence-electron chi connectivity index (χ1n) is 9.67. The molecule has 4 aliphatic carbocycles. The molecule has 3 saturated carbocycles. The first-order chi connectivity index (χ1) is 11.6. The van der Waals surface area contributed by atoms with Crippen molar-refractivity contribution < 1.29 is 22.3 Å². The maximum Gasteiger partial charge on any atom is 0.397 e. The Morgan fingerprint density at radius 3 is 2.60 bits per heavy atom. The summed E-state index contributed by atoms with van der Waals surface area (Å²) in [7, 11) is -4.40. The number of hydrogen-bond acceptors (Lipinski definition) is 4. The van der Waals surface area contributed by atoms with Gasteiger partial charge in [-0.25, -0.2) is 4.18 Å². The first kappa shape index (κ1) is 18.0. The molecule has 0 saturated heterocycles. The fourth-order valence-electron chi connectivity index (χ4n) is 6.90. The molecule has 3 fully saturated rings. The van der Waals surface area contributed by atoms with Crippen LogP contribution >= 0.6 is 0 Å². The van der Waals surface area contributed by atoms with E-state index in [4.69, 9.17) is 8.74 Å². The third kappa shape index (κ3) is 2.80. The molecule has 0 aliphatic heterocycles. The van der Waals surface area contributed by atoms with Gasteiger partial charge in [-0.15, -0.1) is 0 Å². The van der Waals surface area contributed by atoms with Crippen molar-refractivity contribution >= 4 is 10.4 Å². The van der Waals surface area contributed by atoms with E-state index in [-0.39, 0.29) is 16.9 Å². The minimum absolute atomic E-state index is 0.174. The van der Waals surface area contributed by atoms with Crippen LogP contribution in [0.4, 0.5) is 0 Å². The van der Waals surface area contributed by atoms with Gasteiger partial charge >= 0.3 is 10.4 Å². The number of hydrogen-bond donors (Lipinski definition) is 2. The standard InChI is InChI=1S/C19H30O5S/c1-18-9-7-13(20)11-12(18)3-4-14-15-5-6-17(24-25(21,22)23)19(15,2)10-8-16(14)18/h3,13-17,20H,4-11H2,1-2H3,(H,21,22,23)/t13-,14-,15-,16-,17-,18-,19-/m0/s1. The Morgan fingerprint density at radius 1 is 1.12 bits per heavy atom. The second-order valence-electron chi connectivity index (χ2n) is 9.29. The van der Waals surface area contributed by atoms with E-state index in [1.165, 1.54) is 5.57 Å². The number of rotatable bonds is 2. The van der Waals surface area contributed by atoms with Crippen LogP contribution in [0.5, 0.6) is 0 Å². The molecule has 0 radical (unpaired) electrons. The second-order valence-corrected chi connectivity index (χ2v) is 10.3. The molecule has 0 bridgehead atoms. The monoisotopic (exact) mass is 370 g/mol. The van der Waals surface area contributed by atoms with E-state index in [0.29, 0.717) is 24.2 Å². The van der Waals surface area contributed by atoms with Crippen LogP contribution in [0.1, 0.15) is 65.2 Å². The highest BCUT2D eigenvalue weighted by molar-refractivity contribution is 7.80. The Balaban J connectivity index is 1.62. The summed E-state index contributed by atoms with van der Waals surface area (Å²) in [5.41, 5.74) is 1.46. The molecule has 0 amide bonds. The summed E-state index contributed by atoms with van der Waals surface area (Å²) in [6, 6.07) is 0. The summed E-state index contributed by atoms with van der Waals surface area (Å²) >= 11 is 0. The van der Waals surface area contributed by atoms with Crippen LogP contribution in [0.25, 0.3) is 0 Å². The Morgan fingerprint density at radius 2 is 1.88 bits per heavy atom. The van der Waals surface area contributed by atoms with Crippen LogP contribution in [-0.2, 0) is 14.6 Å². The molecule has 4 aliphatic rings. The third-order valence-corrected chi connectivity index (χ3v) is 8.70. The van der Waals surface area contributed by atoms with Crippen molar-refractivity contribution in [3.63, 3.8) is 0 Å². The van der Waals surface area contributed by atoms with Gasteiger partial charge in [-0.3, -0.25) is 4.55 Å². The highest BCUT2D eigenvalue weighted by Crippen LogP contribution is 2.65. The van der Waals surface area contributed by atoms with E-state index in [1.54, 1.807) is 0 Å². The third-order valence-electron chi connectivity index (χ3n) is 8.23. The Bertz CT molecular complexity index is 686. The molecule has 0 aromatic rings. The molecule has 5 nitrogen and oxygen atoms in total. The van der Waals surface area contributed by atoms with Crippen LogP contribution < -0.4 is 0 Å². The smallest absolute Gasteiger partial charge is 0.393 e. The lowest BCUT2D eigenvalue weighted by molar-refractivity contribution is -0.0655. The fraction of sp³-hybridized carbons (Fsp3) is 0.895. The van der Waals surface area contributed by atoms with E-state index in [9.17, 15) is 13.5 Å². The summed E-state index contributed by atoms with van der Waals surface area (Å²) < 4.78 is 36.7. The molecule has 0 spiro atoms. The molecular weight excluding hydrogens is 340 g/mol. The van der Waals surface area contributed by atoms with Crippen LogP contribution in [0, 0.1) is 28.6 Å². The molecule has 0 heterocycles. The lowest BCUT2D eigenvalue weighted by Gasteiger charge is -2.57. The number of aliphatic hydroxyl groups is 1. The first-order valence-corrected chi connectivity index (χ1v) is 11.0. The minimum atomic E-state index is -4.40. The largest absolute Gasteiger partial charge is 0.397 e. The summed E-state index contributed by atoms with van der Waals surface area (Å²) in [5, 5.41) is 10.1. The summed E-state index contributed by atoms with van der Waals surface area (Å²) in [5.74, 6) is 1.61. The summed E-state index contributed by atoms with van der Waals surface area (Å²) in [4.78, 5) is 0. The topological polar surface area (TPSA) is 83.8 Å². The molecule has 0 aromatic carbocycles. The predicted molar refractivity (Wildman–Crippen MR) is 94.1 cm³/mol. The zero-order valence-electron chi connectivity index (χ0n) is 15.1. The van der Waals surface area contributed by atoms with Crippen LogP contribution in [0.2, 0.25) is 0 Å². The van der Waals surface area contributed by atoms with Crippen molar-refractivity contribution in [2.45, 2.75) is 77.4 Å². The maximum atomic E-state index is 11.3. The van der Waals surface area contributed by atoms with Crippen molar-refractivity contribution in [2.75, 3.05) is 0 Å². The molecule has 0 unspecified atom stereocenters. The van der Waals surface area contributed by atoms with Gasteiger partial charge in [0.2, 0.25) is 0 Å². The van der Waals surface area contributed by atoms with Gasteiger partial charge in [0, 0.05) is 0 Å². The zero-order chi connectivity index (χ0) is 18.0. The SMILES string of the molecule is C[C@]12CC[C@H]3[C@@H](CC=C4C[C@@H](O)CC[C@@]43C)[C@@H]1CC[C@@H]2OS(=O)(=O)O. The molecular formula is C19H30O5S. The molecule has 0 aromatic heterocycles. The molecule has 7 atom stereocenters. The van der Waals surface area contributed by atoms with Crippen molar-refractivity contribution in [3.8, 4) is 0 Å². The van der Waals surface area contributed by atoms with Crippen molar-refractivity contribution in [2.24, 2.45) is 28.6 Å². The number of aliphatic hydroxyl groups excluding tert-OH is 1. The van der Waals surface area contributed by atoms with Gasteiger partial charge in [-0.05, 0) is 80.0 Å². The van der Waals surface area contributed by atoms with Gasteiger partial charge in [0.25, 0.3) is 0 Å². The predicted octanol–water partition coefficient (Wildman–Crippen LogP) is 3.50. The Hall–Kier alpha value is -0.430. The Kier molecular flexibility index (Phi) is 4.15. The van der Waals surface area contributed by atoms with Crippen molar-refractivity contribution in [1.82, 2.24) is 0 Å². The average Bonchev–Trinajstić information content (AvgIpc) is 2.83. The highest BCUT2D eigenvalue weighted by Gasteiger charge is 2.59. The van der Waals surface area contributed by atoms with Gasteiger partial charge in [-0.2, -0.15) is 8.42 Å². The summed E-state index contributed by atoms with van der Waals surface area (Å²) in [6.07, 6.45) is 9.25. The van der Waals surface area contributed by atoms with Gasteiger partial charge in [0.05, 0.1) is 12.2 Å². The summed E-state index contributed by atoms with van der Waals surface area (Å²) in [6.45, 7) is 4.54. The Labute approximate surface area is 150 Å². The van der Waals surface area contributed by atoms with E-state index in [0.717, 1.165) is 44.9 Å². The molecule has 2 N–H and O–H groups in total. The lowest BCUT2D eigenvalue weighted by atomic mass is 9.48. The molecule has 6 heteroatoms. The maximum absolute atomic E-state index is 11.3. The second kappa shape index (κ2) is 5.78. The van der Waals surface area contributed by atoms with Gasteiger partial charge in [0.15, 0.2) is 0 Å². The normalized spacial score (nSPS) is 49.8. The van der Waals surface area contributed by atoms with E-state index < -0.39 is 16.5 Å². The fourth-order valence-corrected chi connectivity index (χ4v) is 7.51. The lowest BCUT2D eigenvalue weighted by Crippen LogP contribution is -2.51. The van der Waals surface area contributed by atoms with Gasteiger partial charge in [-0.1, -0.05) is 25.5 Å². The quantitative estimate of drug-likeness (QED) is 0.574.